The summed E-state index contributed by atoms with van der Waals surface area (Å²) in [6.45, 7) is 0.417. The summed E-state index contributed by atoms with van der Waals surface area (Å²) in [6.07, 6.45) is 1.64. The predicted octanol–water partition coefficient (Wildman–Crippen LogP) is 4.56. The van der Waals surface area contributed by atoms with E-state index in [0.717, 1.165) is 16.2 Å². The number of carbonyl (C=O) groups excluding carboxylic acids is 1. The van der Waals surface area contributed by atoms with Gasteiger partial charge in [-0.2, -0.15) is 0 Å². The molecule has 4 rings (SSSR count). The molecule has 0 saturated heterocycles. The number of hydrogen-bond donors (Lipinski definition) is 1. The van der Waals surface area contributed by atoms with E-state index in [2.05, 4.69) is 10.5 Å². The van der Waals surface area contributed by atoms with Crippen molar-refractivity contribution in [3.63, 3.8) is 0 Å². The smallest absolute Gasteiger partial charge is 0.273 e. The maximum absolute atomic E-state index is 12.5. The Bertz CT molecular complexity index is 926. The lowest BCUT2D eigenvalue weighted by molar-refractivity contribution is 0.0943. The molecule has 3 heterocycles. The fourth-order valence-corrected chi connectivity index (χ4v) is 3.56. The van der Waals surface area contributed by atoms with Gasteiger partial charge in [0.1, 0.15) is 5.76 Å². The first kappa shape index (κ1) is 16.4. The van der Waals surface area contributed by atoms with Gasteiger partial charge >= 0.3 is 0 Å². The SMILES string of the molecule is O=C(NC[C@H](c1ccco1)c1cccs1)c1cc(-c2ccccc2)on1. The van der Waals surface area contributed by atoms with Gasteiger partial charge in [0.25, 0.3) is 5.91 Å². The quantitative estimate of drug-likeness (QED) is 0.545. The van der Waals surface area contributed by atoms with Crippen LogP contribution in [0.4, 0.5) is 0 Å². The summed E-state index contributed by atoms with van der Waals surface area (Å²) in [5.74, 6) is 1.08. The number of amides is 1. The Morgan fingerprint density at radius 1 is 1.12 bits per heavy atom. The Balaban J connectivity index is 1.47. The molecule has 0 radical (unpaired) electrons. The van der Waals surface area contributed by atoms with Gasteiger partial charge in [0, 0.05) is 23.1 Å². The molecular formula is C20H16N2O3S. The first-order valence-corrected chi connectivity index (χ1v) is 9.06. The van der Waals surface area contributed by atoms with Gasteiger partial charge in [-0.3, -0.25) is 4.79 Å². The number of benzene rings is 1. The van der Waals surface area contributed by atoms with Gasteiger partial charge in [-0.25, -0.2) is 0 Å². The lowest BCUT2D eigenvalue weighted by Crippen LogP contribution is -2.28. The van der Waals surface area contributed by atoms with Crippen LogP contribution in [0, 0.1) is 0 Å². The number of carbonyl (C=O) groups is 1. The average molecular weight is 364 g/mol. The Kier molecular flexibility index (Phi) is 4.66. The first-order valence-electron chi connectivity index (χ1n) is 8.18. The topological polar surface area (TPSA) is 68.3 Å². The molecule has 3 aromatic heterocycles. The highest BCUT2D eigenvalue weighted by atomic mass is 32.1. The number of nitrogens with zero attached hydrogens (tertiary/aromatic N) is 1. The van der Waals surface area contributed by atoms with E-state index in [0.29, 0.717) is 12.3 Å². The number of aromatic nitrogens is 1. The summed E-state index contributed by atoms with van der Waals surface area (Å²) in [6, 6.07) is 19.0. The summed E-state index contributed by atoms with van der Waals surface area (Å²) < 4.78 is 10.8. The molecule has 130 valence electrons. The van der Waals surface area contributed by atoms with Crippen molar-refractivity contribution in [3.05, 3.63) is 88.6 Å². The predicted molar refractivity (Wildman–Crippen MR) is 99.1 cm³/mol. The van der Waals surface area contributed by atoms with Crippen molar-refractivity contribution in [3.8, 4) is 11.3 Å². The van der Waals surface area contributed by atoms with Crippen LogP contribution < -0.4 is 5.32 Å². The molecular weight excluding hydrogens is 348 g/mol. The molecule has 1 aromatic carbocycles. The van der Waals surface area contributed by atoms with Crippen molar-refractivity contribution in [1.29, 1.82) is 0 Å². The van der Waals surface area contributed by atoms with Gasteiger partial charge in [-0.15, -0.1) is 11.3 Å². The van der Waals surface area contributed by atoms with Crippen LogP contribution in [0.15, 0.2) is 81.2 Å². The van der Waals surface area contributed by atoms with E-state index in [-0.39, 0.29) is 17.5 Å². The van der Waals surface area contributed by atoms with Crippen LogP contribution in [0.3, 0.4) is 0 Å². The van der Waals surface area contributed by atoms with E-state index >= 15 is 0 Å². The molecule has 1 atom stereocenters. The lowest BCUT2D eigenvalue weighted by Gasteiger charge is -2.13. The third kappa shape index (κ3) is 3.45. The third-order valence-electron chi connectivity index (χ3n) is 4.04. The lowest BCUT2D eigenvalue weighted by atomic mass is 10.0. The van der Waals surface area contributed by atoms with Crippen molar-refractivity contribution in [2.45, 2.75) is 5.92 Å². The van der Waals surface area contributed by atoms with Gasteiger partial charge in [0.2, 0.25) is 0 Å². The summed E-state index contributed by atoms with van der Waals surface area (Å²) >= 11 is 1.63. The minimum atomic E-state index is -0.274. The number of thiophene rings is 1. The molecule has 0 unspecified atom stereocenters. The van der Waals surface area contributed by atoms with Crippen LogP contribution in [-0.2, 0) is 0 Å². The second kappa shape index (κ2) is 7.41. The minimum absolute atomic E-state index is 0.0329. The molecule has 0 aliphatic heterocycles. The first-order chi connectivity index (χ1) is 12.8. The van der Waals surface area contributed by atoms with E-state index in [4.69, 9.17) is 8.94 Å². The van der Waals surface area contributed by atoms with E-state index in [1.54, 1.807) is 23.7 Å². The van der Waals surface area contributed by atoms with Crippen LogP contribution in [0.2, 0.25) is 0 Å². The molecule has 4 aromatic rings. The second-order valence-corrected chi connectivity index (χ2v) is 6.72. The largest absolute Gasteiger partial charge is 0.469 e. The summed E-state index contributed by atoms with van der Waals surface area (Å²) in [4.78, 5) is 13.6. The highest BCUT2D eigenvalue weighted by molar-refractivity contribution is 7.10. The molecule has 0 bridgehead atoms. The highest BCUT2D eigenvalue weighted by Gasteiger charge is 2.21. The summed E-state index contributed by atoms with van der Waals surface area (Å²) in [5, 5.41) is 8.82. The fourth-order valence-electron chi connectivity index (χ4n) is 2.73. The third-order valence-corrected chi connectivity index (χ3v) is 5.03. The van der Waals surface area contributed by atoms with E-state index in [1.807, 2.05) is 60.0 Å². The maximum Gasteiger partial charge on any atom is 0.273 e. The Morgan fingerprint density at radius 2 is 2.00 bits per heavy atom. The maximum atomic E-state index is 12.5. The molecule has 0 fully saturated rings. The number of hydrogen-bond acceptors (Lipinski definition) is 5. The molecule has 26 heavy (non-hydrogen) atoms. The van der Waals surface area contributed by atoms with Crippen molar-refractivity contribution >= 4 is 17.2 Å². The fraction of sp³-hybridized carbons (Fsp3) is 0.100. The van der Waals surface area contributed by atoms with Gasteiger partial charge in [0.05, 0.1) is 12.2 Å². The standard InChI is InChI=1S/C20H16N2O3S/c23-20(16-12-18(25-22-16)14-6-2-1-3-7-14)21-13-15(17-8-4-10-24-17)19-9-5-11-26-19/h1-12,15H,13H2,(H,21,23)/t15-/m1/s1. The Labute approximate surface area is 154 Å². The molecule has 0 aliphatic rings. The molecule has 6 heteroatoms. The molecule has 0 aliphatic carbocycles. The normalized spacial score (nSPS) is 12.0. The van der Waals surface area contributed by atoms with Gasteiger partial charge < -0.3 is 14.3 Å². The van der Waals surface area contributed by atoms with E-state index in [1.165, 1.54) is 0 Å². The Morgan fingerprint density at radius 3 is 2.73 bits per heavy atom. The summed E-state index contributed by atoms with van der Waals surface area (Å²) in [7, 11) is 0. The summed E-state index contributed by atoms with van der Waals surface area (Å²) in [5.41, 5.74) is 1.14. The van der Waals surface area contributed by atoms with E-state index in [9.17, 15) is 4.79 Å². The van der Waals surface area contributed by atoms with Gasteiger partial charge in [-0.05, 0) is 23.6 Å². The Hall–Kier alpha value is -3.12. The van der Waals surface area contributed by atoms with Crippen molar-refractivity contribution in [2.24, 2.45) is 0 Å². The van der Waals surface area contributed by atoms with Crippen LogP contribution in [0.5, 0.6) is 0 Å². The number of rotatable bonds is 6. The second-order valence-electron chi connectivity index (χ2n) is 5.74. The molecule has 1 amide bonds. The zero-order valence-electron chi connectivity index (χ0n) is 13.8. The molecule has 1 N–H and O–H groups in total. The minimum Gasteiger partial charge on any atom is -0.469 e. The molecule has 0 spiro atoms. The van der Waals surface area contributed by atoms with Crippen molar-refractivity contribution in [1.82, 2.24) is 10.5 Å². The van der Waals surface area contributed by atoms with Crippen LogP contribution >= 0.6 is 11.3 Å². The van der Waals surface area contributed by atoms with Gasteiger partial charge in [-0.1, -0.05) is 41.6 Å². The molecule has 0 saturated carbocycles. The van der Waals surface area contributed by atoms with E-state index < -0.39 is 0 Å². The van der Waals surface area contributed by atoms with Crippen molar-refractivity contribution < 1.29 is 13.7 Å². The van der Waals surface area contributed by atoms with Crippen LogP contribution in [0.1, 0.15) is 27.0 Å². The average Bonchev–Trinajstić information content (AvgIpc) is 3.44. The van der Waals surface area contributed by atoms with Crippen molar-refractivity contribution in [2.75, 3.05) is 6.54 Å². The number of nitrogens with one attached hydrogen (secondary N) is 1. The zero-order valence-corrected chi connectivity index (χ0v) is 14.6. The molecule has 5 nitrogen and oxygen atoms in total. The zero-order chi connectivity index (χ0) is 17.8. The van der Waals surface area contributed by atoms with Crippen LogP contribution in [-0.4, -0.2) is 17.6 Å². The number of furan rings is 1. The van der Waals surface area contributed by atoms with Gasteiger partial charge in [0.15, 0.2) is 11.5 Å². The van der Waals surface area contributed by atoms with Crippen LogP contribution in [0.25, 0.3) is 11.3 Å². The highest BCUT2D eigenvalue weighted by Crippen LogP contribution is 2.28. The monoisotopic (exact) mass is 364 g/mol.